The van der Waals surface area contributed by atoms with Crippen LogP contribution in [0, 0.1) is 0 Å². The normalized spacial score (nSPS) is 18.6. The molecular weight excluding hydrogens is 235 g/mol. The number of amides is 3. The molecular formula is C4H5IN2O2. The fourth-order valence-electron chi connectivity index (χ4n) is 0.580. The highest BCUT2D eigenvalue weighted by molar-refractivity contribution is 14.1. The molecule has 4 nitrogen and oxygen atoms in total. The van der Waals surface area contributed by atoms with Crippen molar-refractivity contribution in [2.24, 2.45) is 0 Å². The van der Waals surface area contributed by atoms with Gasteiger partial charge in [-0.2, -0.15) is 0 Å². The van der Waals surface area contributed by atoms with Gasteiger partial charge in [-0.25, -0.2) is 4.79 Å². The van der Waals surface area contributed by atoms with Crippen molar-refractivity contribution in [3.8, 4) is 0 Å². The molecule has 0 aromatic rings. The molecule has 0 spiro atoms. The van der Waals surface area contributed by atoms with Crippen LogP contribution in [0.3, 0.4) is 0 Å². The van der Waals surface area contributed by atoms with Crippen LogP contribution in [0.15, 0.2) is 0 Å². The molecule has 0 aromatic heterocycles. The summed E-state index contributed by atoms with van der Waals surface area (Å²) in [6.45, 7) is 0.210. The summed E-state index contributed by atoms with van der Waals surface area (Å²) >= 11 is 2.03. The Morgan fingerprint density at radius 1 is 1.67 bits per heavy atom. The van der Waals surface area contributed by atoms with Crippen LogP contribution in [0.2, 0.25) is 0 Å². The van der Waals surface area contributed by atoms with E-state index in [2.05, 4.69) is 5.32 Å². The number of imide groups is 1. The Kier molecular flexibility index (Phi) is 1.89. The van der Waals surface area contributed by atoms with Gasteiger partial charge in [-0.1, -0.05) is 22.6 Å². The van der Waals surface area contributed by atoms with Crippen LogP contribution in [0.5, 0.6) is 0 Å². The summed E-state index contributed by atoms with van der Waals surface area (Å²) in [6.07, 6.45) is 0. The van der Waals surface area contributed by atoms with E-state index in [-0.39, 0.29) is 18.5 Å². The van der Waals surface area contributed by atoms with E-state index in [0.29, 0.717) is 4.55 Å². The Bertz CT molecular complexity index is 159. The molecule has 1 saturated heterocycles. The average Bonchev–Trinajstić information content (AvgIpc) is 2.10. The zero-order valence-corrected chi connectivity index (χ0v) is 6.71. The third-order valence-electron chi connectivity index (χ3n) is 1.01. The fraction of sp³-hybridized carbons (Fsp3) is 0.500. The Labute approximate surface area is 65.7 Å². The molecule has 1 fully saturated rings. The number of hydrogen-bond acceptors (Lipinski definition) is 2. The van der Waals surface area contributed by atoms with Crippen LogP contribution in [0.4, 0.5) is 4.79 Å². The number of nitrogens with zero attached hydrogens (tertiary/aromatic N) is 1. The van der Waals surface area contributed by atoms with Crippen LogP contribution in [-0.2, 0) is 4.79 Å². The van der Waals surface area contributed by atoms with E-state index in [9.17, 15) is 9.59 Å². The molecule has 50 valence electrons. The second-order valence-corrected chi connectivity index (χ2v) is 2.35. The molecule has 0 saturated carbocycles. The van der Waals surface area contributed by atoms with Crippen molar-refractivity contribution in [1.82, 2.24) is 10.2 Å². The monoisotopic (exact) mass is 240 g/mol. The van der Waals surface area contributed by atoms with Crippen molar-refractivity contribution >= 4 is 34.5 Å². The van der Waals surface area contributed by atoms with Gasteiger partial charge in [-0.3, -0.25) is 10.1 Å². The molecule has 0 aromatic carbocycles. The van der Waals surface area contributed by atoms with Crippen molar-refractivity contribution in [2.75, 3.05) is 11.1 Å². The Hall–Kier alpha value is -0.330. The average molecular weight is 240 g/mol. The van der Waals surface area contributed by atoms with E-state index in [1.165, 1.54) is 4.90 Å². The van der Waals surface area contributed by atoms with Gasteiger partial charge in [0.1, 0.15) is 6.54 Å². The molecule has 1 N–H and O–H groups in total. The zero-order valence-electron chi connectivity index (χ0n) is 4.56. The molecule has 1 aliphatic rings. The minimum Gasteiger partial charge on any atom is -0.306 e. The van der Waals surface area contributed by atoms with Crippen LogP contribution in [0.1, 0.15) is 0 Å². The van der Waals surface area contributed by atoms with Crippen molar-refractivity contribution in [2.45, 2.75) is 0 Å². The molecule has 0 aliphatic carbocycles. The van der Waals surface area contributed by atoms with Crippen molar-refractivity contribution in [3.05, 3.63) is 0 Å². The van der Waals surface area contributed by atoms with Crippen LogP contribution >= 0.6 is 22.6 Å². The predicted molar refractivity (Wildman–Crippen MR) is 39.1 cm³/mol. The Morgan fingerprint density at radius 3 is 2.56 bits per heavy atom. The maximum atomic E-state index is 10.6. The largest absolute Gasteiger partial charge is 0.325 e. The van der Waals surface area contributed by atoms with Crippen LogP contribution < -0.4 is 5.32 Å². The number of carbonyl (C=O) groups is 2. The van der Waals surface area contributed by atoms with Crippen LogP contribution in [-0.4, -0.2) is 27.9 Å². The molecule has 3 amide bonds. The lowest BCUT2D eigenvalue weighted by Crippen LogP contribution is -2.26. The van der Waals surface area contributed by atoms with Gasteiger partial charge >= 0.3 is 6.03 Å². The summed E-state index contributed by atoms with van der Waals surface area (Å²) in [6, 6.07) is -0.283. The minimum absolute atomic E-state index is 0.210. The number of urea groups is 1. The van der Waals surface area contributed by atoms with Crippen LogP contribution in [0.25, 0.3) is 0 Å². The van der Waals surface area contributed by atoms with Gasteiger partial charge in [0.2, 0.25) is 5.91 Å². The summed E-state index contributed by atoms with van der Waals surface area (Å²) in [5.41, 5.74) is 0. The first-order chi connectivity index (χ1) is 4.24. The van der Waals surface area contributed by atoms with E-state index in [1.807, 2.05) is 22.6 Å². The van der Waals surface area contributed by atoms with Gasteiger partial charge in [-0.05, 0) is 0 Å². The second-order valence-electron chi connectivity index (χ2n) is 1.67. The van der Waals surface area contributed by atoms with E-state index < -0.39 is 0 Å². The topological polar surface area (TPSA) is 49.4 Å². The summed E-state index contributed by atoms with van der Waals surface area (Å²) in [7, 11) is 0. The Balaban J connectivity index is 2.58. The lowest BCUT2D eigenvalue weighted by atomic mass is 10.6. The highest BCUT2D eigenvalue weighted by Gasteiger charge is 2.24. The molecule has 9 heavy (non-hydrogen) atoms. The van der Waals surface area contributed by atoms with Gasteiger partial charge in [0, 0.05) is 0 Å². The van der Waals surface area contributed by atoms with E-state index in [4.69, 9.17) is 0 Å². The minimum atomic E-state index is -0.283. The van der Waals surface area contributed by atoms with Crippen molar-refractivity contribution in [3.63, 3.8) is 0 Å². The third-order valence-corrected chi connectivity index (χ3v) is 1.84. The number of halogens is 1. The summed E-state index contributed by atoms with van der Waals surface area (Å²) < 4.78 is 0.565. The first-order valence-corrected chi connectivity index (χ1v) is 3.91. The molecule has 1 heterocycles. The maximum absolute atomic E-state index is 10.6. The molecule has 1 aliphatic heterocycles. The highest BCUT2D eigenvalue weighted by Crippen LogP contribution is 1.99. The number of carbonyl (C=O) groups excluding carboxylic acids is 2. The number of hydrogen-bond donors (Lipinski definition) is 1. The van der Waals surface area contributed by atoms with Crippen molar-refractivity contribution < 1.29 is 9.59 Å². The summed E-state index contributed by atoms with van der Waals surface area (Å²) in [5.74, 6) is -0.211. The van der Waals surface area contributed by atoms with E-state index >= 15 is 0 Å². The number of alkyl halides is 1. The molecule has 0 radical (unpaired) electrons. The first kappa shape index (κ1) is 6.79. The predicted octanol–water partition coefficient (Wildman–Crippen LogP) is -0.0693. The SMILES string of the molecule is O=C1CN(CI)C(=O)N1. The third kappa shape index (κ3) is 1.32. The second kappa shape index (κ2) is 2.51. The standard InChI is InChI=1S/C4H5IN2O2/c5-2-7-1-3(8)6-4(7)9/h1-2H2,(H,6,8,9). The van der Waals surface area contributed by atoms with Gasteiger partial charge in [0.05, 0.1) is 4.55 Å². The lowest BCUT2D eigenvalue weighted by molar-refractivity contribution is -0.118. The fourth-order valence-corrected chi connectivity index (χ4v) is 1.13. The number of nitrogens with one attached hydrogen (secondary N) is 1. The molecule has 0 atom stereocenters. The maximum Gasteiger partial charge on any atom is 0.325 e. The molecule has 5 heteroatoms. The Morgan fingerprint density at radius 2 is 2.33 bits per heavy atom. The highest BCUT2D eigenvalue weighted by atomic mass is 127. The first-order valence-electron chi connectivity index (χ1n) is 2.39. The molecule has 0 bridgehead atoms. The molecule has 1 rings (SSSR count). The molecule has 0 unspecified atom stereocenters. The number of rotatable bonds is 1. The zero-order chi connectivity index (χ0) is 6.85. The quantitative estimate of drug-likeness (QED) is 0.302. The summed E-state index contributed by atoms with van der Waals surface area (Å²) in [5, 5.41) is 2.16. The summed E-state index contributed by atoms with van der Waals surface area (Å²) in [4.78, 5) is 22.5. The van der Waals surface area contributed by atoms with Gasteiger partial charge in [0.25, 0.3) is 0 Å². The van der Waals surface area contributed by atoms with Crippen molar-refractivity contribution in [1.29, 1.82) is 0 Å². The van der Waals surface area contributed by atoms with Gasteiger partial charge < -0.3 is 4.90 Å². The van der Waals surface area contributed by atoms with E-state index in [1.54, 1.807) is 0 Å². The lowest BCUT2D eigenvalue weighted by Gasteiger charge is -2.05. The van der Waals surface area contributed by atoms with E-state index in [0.717, 1.165) is 0 Å². The van der Waals surface area contributed by atoms with Gasteiger partial charge in [0.15, 0.2) is 0 Å². The van der Waals surface area contributed by atoms with Gasteiger partial charge in [-0.15, -0.1) is 0 Å². The smallest absolute Gasteiger partial charge is 0.306 e.